The maximum atomic E-state index is 12.0. The Morgan fingerprint density at radius 1 is 1.28 bits per heavy atom. The number of alkyl halides is 1. The van der Waals surface area contributed by atoms with Gasteiger partial charge in [-0.25, -0.2) is 13.1 Å². The maximum absolute atomic E-state index is 12.0. The number of hydrogen-bond donors (Lipinski definition) is 1. The fourth-order valence-corrected chi connectivity index (χ4v) is 4.78. The summed E-state index contributed by atoms with van der Waals surface area (Å²) in [6.07, 6.45) is 7.88. The van der Waals surface area contributed by atoms with Crippen LogP contribution >= 0.6 is 15.9 Å². The standard InChI is InChI=1S/C13H26BrNO2S/c1-2-12(8-9-14)10-15-18(16,17)11-13-6-4-3-5-7-13/h12-13,15H,2-11H2,1H3. The van der Waals surface area contributed by atoms with Crippen LogP contribution in [0.3, 0.4) is 0 Å². The Morgan fingerprint density at radius 3 is 2.50 bits per heavy atom. The molecule has 1 N–H and O–H groups in total. The molecule has 1 unspecified atom stereocenters. The minimum Gasteiger partial charge on any atom is -0.215 e. The molecule has 1 atom stereocenters. The topological polar surface area (TPSA) is 46.2 Å². The van der Waals surface area contributed by atoms with Gasteiger partial charge in [-0.3, -0.25) is 0 Å². The van der Waals surface area contributed by atoms with E-state index in [0.29, 0.717) is 24.1 Å². The fourth-order valence-electron chi connectivity index (χ4n) is 2.57. The third-order valence-electron chi connectivity index (χ3n) is 3.87. The van der Waals surface area contributed by atoms with E-state index < -0.39 is 10.0 Å². The fraction of sp³-hybridized carbons (Fsp3) is 1.00. The summed E-state index contributed by atoms with van der Waals surface area (Å²) in [7, 11) is -3.07. The van der Waals surface area contributed by atoms with Crippen LogP contribution in [0.1, 0.15) is 51.9 Å². The zero-order valence-electron chi connectivity index (χ0n) is 11.3. The Bertz CT molecular complexity index is 313. The summed E-state index contributed by atoms with van der Waals surface area (Å²) in [4.78, 5) is 0. The first-order chi connectivity index (χ1) is 8.57. The van der Waals surface area contributed by atoms with Crippen LogP contribution in [-0.2, 0) is 10.0 Å². The molecule has 18 heavy (non-hydrogen) atoms. The van der Waals surface area contributed by atoms with Gasteiger partial charge in [0.2, 0.25) is 10.0 Å². The van der Waals surface area contributed by atoms with E-state index in [1.807, 2.05) is 0 Å². The van der Waals surface area contributed by atoms with Crippen LogP contribution in [0, 0.1) is 11.8 Å². The van der Waals surface area contributed by atoms with Gasteiger partial charge in [0.15, 0.2) is 0 Å². The molecule has 0 aromatic rings. The van der Waals surface area contributed by atoms with Gasteiger partial charge in [-0.15, -0.1) is 0 Å². The molecule has 1 fully saturated rings. The van der Waals surface area contributed by atoms with Gasteiger partial charge in [0.1, 0.15) is 0 Å². The maximum Gasteiger partial charge on any atom is 0.211 e. The van der Waals surface area contributed by atoms with Crippen LogP contribution in [0.2, 0.25) is 0 Å². The molecule has 1 rings (SSSR count). The molecule has 0 heterocycles. The monoisotopic (exact) mass is 339 g/mol. The van der Waals surface area contributed by atoms with Crippen molar-refractivity contribution in [3.8, 4) is 0 Å². The van der Waals surface area contributed by atoms with E-state index in [1.165, 1.54) is 19.3 Å². The lowest BCUT2D eigenvalue weighted by Gasteiger charge is -2.22. The Balaban J connectivity index is 2.33. The number of halogens is 1. The lowest BCUT2D eigenvalue weighted by atomic mass is 9.91. The molecule has 0 bridgehead atoms. The van der Waals surface area contributed by atoms with Gasteiger partial charge in [0, 0.05) is 11.9 Å². The van der Waals surface area contributed by atoms with Crippen LogP contribution in [-0.4, -0.2) is 26.0 Å². The molecular weight excluding hydrogens is 314 g/mol. The second-order valence-electron chi connectivity index (χ2n) is 5.39. The van der Waals surface area contributed by atoms with Crippen LogP contribution in [0.5, 0.6) is 0 Å². The van der Waals surface area contributed by atoms with E-state index in [4.69, 9.17) is 0 Å². The number of rotatable bonds is 8. The minimum atomic E-state index is -3.07. The normalized spacial score (nSPS) is 19.9. The number of hydrogen-bond acceptors (Lipinski definition) is 2. The van der Waals surface area contributed by atoms with Crippen molar-refractivity contribution in [3.05, 3.63) is 0 Å². The summed E-state index contributed by atoms with van der Waals surface area (Å²) in [6.45, 7) is 2.71. The Morgan fingerprint density at radius 2 is 1.94 bits per heavy atom. The molecule has 0 spiro atoms. The predicted molar refractivity (Wildman–Crippen MR) is 80.6 cm³/mol. The van der Waals surface area contributed by atoms with E-state index in [9.17, 15) is 8.42 Å². The molecular formula is C13H26BrNO2S. The van der Waals surface area contributed by atoms with Crippen LogP contribution in [0.15, 0.2) is 0 Å². The Labute approximate surface area is 120 Å². The highest BCUT2D eigenvalue weighted by Crippen LogP contribution is 2.24. The third-order valence-corrected chi connectivity index (χ3v) is 5.84. The van der Waals surface area contributed by atoms with Crippen molar-refractivity contribution < 1.29 is 8.42 Å². The van der Waals surface area contributed by atoms with E-state index in [0.717, 1.165) is 31.0 Å². The van der Waals surface area contributed by atoms with Gasteiger partial charge in [-0.05, 0) is 31.1 Å². The van der Waals surface area contributed by atoms with Gasteiger partial charge in [-0.2, -0.15) is 0 Å². The first-order valence-corrected chi connectivity index (χ1v) is 9.88. The molecule has 0 saturated heterocycles. The van der Waals surface area contributed by atoms with Crippen LogP contribution < -0.4 is 4.72 Å². The lowest BCUT2D eigenvalue weighted by molar-refractivity contribution is 0.383. The van der Waals surface area contributed by atoms with Gasteiger partial charge >= 0.3 is 0 Å². The molecule has 1 aliphatic carbocycles. The highest BCUT2D eigenvalue weighted by Gasteiger charge is 2.21. The van der Waals surface area contributed by atoms with Crippen molar-refractivity contribution in [2.24, 2.45) is 11.8 Å². The molecule has 3 nitrogen and oxygen atoms in total. The number of nitrogens with one attached hydrogen (secondary N) is 1. The average Bonchev–Trinajstić information content (AvgIpc) is 2.35. The second-order valence-corrected chi connectivity index (χ2v) is 8.03. The van der Waals surface area contributed by atoms with Crippen LogP contribution in [0.4, 0.5) is 0 Å². The van der Waals surface area contributed by atoms with Crippen molar-refractivity contribution in [3.63, 3.8) is 0 Å². The van der Waals surface area contributed by atoms with Gasteiger partial charge in [-0.1, -0.05) is 48.5 Å². The quantitative estimate of drug-likeness (QED) is 0.689. The predicted octanol–water partition coefficient (Wildman–Crippen LogP) is 3.30. The van der Waals surface area contributed by atoms with Crippen molar-refractivity contribution in [2.45, 2.75) is 51.9 Å². The summed E-state index contributed by atoms with van der Waals surface area (Å²) in [5, 5.41) is 0.940. The van der Waals surface area contributed by atoms with E-state index >= 15 is 0 Å². The zero-order chi connectivity index (χ0) is 13.4. The molecule has 0 aliphatic heterocycles. The summed E-state index contributed by atoms with van der Waals surface area (Å²) < 4.78 is 26.8. The SMILES string of the molecule is CCC(CCBr)CNS(=O)(=O)CC1CCCCC1. The molecule has 5 heteroatoms. The van der Waals surface area contributed by atoms with E-state index in [1.54, 1.807) is 0 Å². The van der Waals surface area contributed by atoms with Crippen molar-refractivity contribution in [1.29, 1.82) is 0 Å². The smallest absolute Gasteiger partial charge is 0.211 e. The largest absolute Gasteiger partial charge is 0.215 e. The van der Waals surface area contributed by atoms with Gasteiger partial charge in [0.25, 0.3) is 0 Å². The van der Waals surface area contributed by atoms with Crippen LogP contribution in [0.25, 0.3) is 0 Å². The summed E-state index contributed by atoms with van der Waals surface area (Å²) in [5.41, 5.74) is 0. The summed E-state index contributed by atoms with van der Waals surface area (Å²) in [5.74, 6) is 1.16. The molecule has 1 aliphatic rings. The summed E-state index contributed by atoms with van der Waals surface area (Å²) >= 11 is 3.41. The Hall–Kier alpha value is 0.390. The molecule has 0 aromatic heterocycles. The molecule has 108 valence electrons. The van der Waals surface area contributed by atoms with Crippen molar-refractivity contribution in [1.82, 2.24) is 4.72 Å². The molecule has 0 aromatic carbocycles. The zero-order valence-corrected chi connectivity index (χ0v) is 13.7. The number of sulfonamides is 1. The van der Waals surface area contributed by atoms with Gasteiger partial charge < -0.3 is 0 Å². The van der Waals surface area contributed by atoms with E-state index in [-0.39, 0.29) is 0 Å². The Kier molecular flexibility index (Phi) is 7.80. The first-order valence-electron chi connectivity index (χ1n) is 7.10. The lowest BCUT2D eigenvalue weighted by Crippen LogP contribution is -2.34. The second kappa shape index (κ2) is 8.54. The average molecular weight is 340 g/mol. The first kappa shape index (κ1) is 16.4. The van der Waals surface area contributed by atoms with Gasteiger partial charge in [0.05, 0.1) is 5.75 Å². The minimum absolute atomic E-state index is 0.331. The van der Waals surface area contributed by atoms with E-state index in [2.05, 4.69) is 27.6 Å². The highest BCUT2D eigenvalue weighted by atomic mass is 79.9. The van der Waals surface area contributed by atoms with Crippen molar-refractivity contribution >= 4 is 26.0 Å². The van der Waals surface area contributed by atoms with Crippen molar-refractivity contribution in [2.75, 3.05) is 17.6 Å². The molecule has 0 amide bonds. The molecule has 0 radical (unpaired) electrons. The highest BCUT2D eigenvalue weighted by molar-refractivity contribution is 9.09. The summed E-state index contributed by atoms with van der Waals surface area (Å²) in [6, 6.07) is 0. The molecule has 1 saturated carbocycles. The third kappa shape index (κ3) is 6.53.